The van der Waals surface area contributed by atoms with E-state index in [4.69, 9.17) is 4.74 Å². The quantitative estimate of drug-likeness (QED) is 0.329. The van der Waals surface area contributed by atoms with E-state index in [2.05, 4.69) is 4.98 Å². The van der Waals surface area contributed by atoms with Crippen LogP contribution in [0.15, 0.2) is 71.8 Å². The summed E-state index contributed by atoms with van der Waals surface area (Å²) >= 11 is 1.13. The maximum Gasteiger partial charge on any atom is 0.348 e. The van der Waals surface area contributed by atoms with Crippen LogP contribution in [0, 0.1) is 6.92 Å². The minimum Gasteiger partial charge on any atom is -0.462 e. The molecule has 7 nitrogen and oxygen atoms in total. The Kier molecular flexibility index (Phi) is 7.72. The third kappa shape index (κ3) is 5.66. The molecule has 0 aliphatic carbocycles. The highest BCUT2D eigenvalue weighted by molar-refractivity contribution is 7.20. The standard InChI is InChI=1S/C27H27N3O4S/c1-3-34-27(33)24-19(2)23-25(35-24)28-18-30(26(23)32)17-22(31)29(16-21-12-8-5-9-13-21)15-14-20-10-6-4-7-11-20/h4-13,18H,3,14-17H2,1-2H3. The van der Waals surface area contributed by atoms with Gasteiger partial charge in [-0.1, -0.05) is 60.7 Å². The maximum absolute atomic E-state index is 13.4. The zero-order valence-electron chi connectivity index (χ0n) is 19.8. The summed E-state index contributed by atoms with van der Waals surface area (Å²) in [5, 5.41) is 0.354. The smallest absolute Gasteiger partial charge is 0.348 e. The molecule has 0 spiro atoms. The van der Waals surface area contributed by atoms with Gasteiger partial charge in [-0.25, -0.2) is 9.78 Å². The summed E-state index contributed by atoms with van der Waals surface area (Å²) in [6.07, 6.45) is 2.09. The van der Waals surface area contributed by atoms with E-state index >= 15 is 0 Å². The third-order valence-corrected chi connectivity index (χ3v) is 6.95. The Bertz CT molecular complexity index is 1380. The molecule has 1 amide bonds. The number of rotatable bonds is 9. The number of carbonyl (C=O) groups is 2. The number of aromatic nitrogens is 2. The lowest BCUT2D eigenvalue weighted by Gasteiger charge is -2.23. The predicted octanol–water partition coefficient (Wildman–Crippen LogP) is 4.21. The van der Waals surface area contributed by atoms with Crippen LogP contribution in [-0.4, -0.2) is 39.5 Å². The van der Waals surface area contributed by atoms with Crippen molar-refractivity contribution in [2.24, 2.45) is 0 Å². The molecule has 35 heavy (non-hydrogen) atoms. The van der Waals surface area contributed by atoms with Gasteiger partial charge in [0.05, 0.1) is 18.3 Å². The number of nitrogens with zero attached hydrogens (tertiary/aromatic N) is 3. The molecule has 0 bridgehead atoms. The van der Waals surface area contributed by atoms with Crippen molar-refractivity contribution in [3.05, 3.63) is 98.9 Å². The van der Waals surface area contributed by atoms with Crippen LogP contribution in [-0.2, 0) is 29.0 Å². The van der Waals surface area contributed by atoms with E-state index in [9.17, 15) is 14.4 Å². The minimum atomic E-state index is -0.468. The second-order valence-corrected chi connectivity index (χ2v) is 9.17. The van der Waals surface area contributed by atoms with Gasteiger partial charge >= 0.3 is 5.97 Å². The molecule has 0 radical (unpaired) electrons. The Labute approximate surface area is 207 Å². The molecule has 180 valence electrons. The second-order valence-electron chi connectivity index (χ2n) is 8.17. The summed E-state index contributed by atoms with van der Waals surface area (Å²) in [5.74, 6) is -0.642. The molecule has 2 aromatic carbocycles. The van der Waals surface area contributed by atoms with Gasteiger partial charge in [0, 0.05) is 13.1 Å². The number of hydrogen-bond acceptors (Lipinski definition) is 6. The molecule has 0 N–H and O–H groups in total. The lowest BCUT2D eigenvalue weighted by Crippen LogP contribution is -2.37. The Morgan fingerprint density at radius 3 is 2.34 bits per heavy atom. The highest BCUT2D eigenvalue weighted by atomic mass is 32.1. The molecule has 0 aliphatic heterocycles. The summed E-state index contributed by atoms with van der Waals surface area (Å²) in [5.41, 5.74) is 2.35. The van der Waals surface area contributed by atoms with Crippen LogP contribution in [0.5, 0.6) is 0 Å². The van der Waals surface area contributed by atoms with Gasteiger partial charge in [-0.15, -0.1) is 11.3 Å². The first-order valence-electron chi connectivity index (χ1n) is 11.5. The number of aryl methyl sites for hydroxylation is 1. The van der Waals surface area contributed by atoms with Gasteiger partial charge in [0.15, 0.2) is 0 Å². The van der Waals surface area contributed by atoms with E-state index in [0.29, 0.717) is 40.2 Å². The Hall–Kier alpha value is -3.78. The minimum absolute atomic E-state index is 0.132. The number of fused-ring (bicyclic) bond motifs is 1. The first-order valence-corrected chi connectivity index (χ1v) is 12.3. The summed E-state index contributed by atoms with van der Waals surface area (Å²) < 4.78 is 6.42. The molecular formula is C27H27N3O4S. The van der Waals surface area contributed by atoms with Crippen molar-refractivity contribution in [2.45, 2.75) is 33.4 Å². The van der Waals surface area contributed by atoms with Crippen LogP contribution in [0.25, 0.3) is 10.2 Å². The predicted molar refractivity (Wildman–Crippen MR) is 137 cm³/mol. The average Bonchev–Trinajstić information content (AvgIpc) is 3.22. The molecule has 0 unspecified atom stereocenters. The van der Waals surface area contributed by atoms with E-state index < -0.39 is 5.97 Å². The van der Waals surface area contributed by atoms with Crippen molar-refractivity contribution in [1.82, 2.24) is 14.5 Å². The van der Waals surface area contributed by atoms with Crippen LogP contribution in [0.4, 0.5) is 0 Å². The van der Waals surface area contributed by atoms with Crippen LogP contribution in [0.3, 0.4) is 0 Å². The average molecular weight is 490 g/mol. The fourth-order valence-corrected chi connectivity index (χ4v) is 4.95. The number of hydrogen-bond donors (Lipinski definition) is 0. The van der Waals surface area contributed by atoms with Crippen molar-refractivity contribution in [2.75, 3.05) is 13.2 Å². The first kappa shape index (κ1) is 24.3. The fraction of sp³-hybridized carbons (Fsp3) is 0.259. The first-order chi connectivity index (χ1) is 17.0. The van der Waals surface area contributed by atoms with Gasteiger partial charge in [0.2, 0.25) is 5.91 Å². The van der Waals surface area contributed by atoms with Gasteiger partial charge in [-0.2, -0.15) is 0 Å². The van der Waals surface area contributed by atoms with Gasteiger partial charge in [0.25, 0.3) is 5.56 Å². The van der Waals surface area contributed by atoms with E-state index in [-0.39, 0.29) is 24.6 Å². The third-order valence-electron chi connectivity index (χ3n) is 5.77. The molecule has 0 saturated carbocycles. The zero-order valence-corrected chi connectivity index (χ0v) is 20.6. The molecule has 2 heterocycles. The SMILES string of the molecule is CCOC(=O)c1sc2ncn(CC(=O)N(CCc3ccccc3)Cc3ccccc3)c(=O)c2c1C. The Morgan fingerprint density at radius 2 is 1.69 bits per heavy atom. The van der Waals surface area contributed by atoms with Crippen LogP contribution in [0.2, 0.25) is 0 Å². The Balaban J connectivity index is 1.59. The van der Waals surface area contributed by atoms with E-state index in [1.54, 1.807) is 18.7 Å². The molecule has 0 saturated heterocycles. The van der Waals surface area contributed by atoms with Crippen LogP contribution >= 0.6 is 11.3 Å². The van der Waals surface area contributed by atoms with Crippen molar-refractivity contribution in [3.63, 3.8) is 0 Å². The van der Waals surface area contributed by atoms with Gasteiger partial charge in [-0.05, 0) is 37.0 Å². The van der Waals surface area contributed by atoms with Gasteiger partial charge in [0.1, 0.15) is 16.3 Å². The number of thiophene rings is 1. The largest absolute Gasteiger partial charge is 0.462 e. The van der Waals surface area contributed by atoms with Crippen molar-refractivity contribution < 1.29 is 14.3 Å². The van der Waals surface area contributed by atoms with Crippen molar-refractivity contribution in [3.8, 4) is 0 Å². The maximum atomic E-state index is 13.4. The van der Waals surface area contributed by atoms with Gasteiger partial charge in [-0.3, -0.25) is 14.2 Å². The molecule has 0 aliphatic rings. The molecule has 0 atom stereocenters. The molecule has 0 fully saturated rings. The fourth-order valence-electron chi connectivity index (χ4n) is 3.91. The van der Waals surface area contributed by atoms with E-state index in [0.717, 1.165) is 22.5 Å². The van der Waals surface area contributed by atoms with Crippen molar-refractivity contribution >= 4 is 33.4 Å². The van der Waals surface area contributed by atoms with Crippen LogP contribution < -0.4 is 5.56 Å². The lowest BCUT2D eigenvalue weighted by molar-refractivity contribution is -0.132. The summed E-state index contributed by atoms with van der Waals surface area (Å²) in [6.45, 7) is 4.53. The highest BCUT2D eigenvalue weighted by Crippen LogP contribution is 2.27. The lowest BCUT2D eigenvalue weighted by atomic mass is 10.1. The molecule has 4 rings (SSSR count). The number of benzene rings is 2. The normalized spacial score (nSPS) is 10.9. The van der Waals surface area contributed by atoms with Crippen molar-refractivity contribution in [1.29, 1.82) is 0 Å². The zero-order chi connectivity index (χ0) is 24.8. The summed E-state index contributed by atoms with van der Waals surface area (Å²) in [4.78, 5) is 45.8. The topological polar surface area (TPSA) is 81.5 Å². The number of amides is 1. The number of ether oxygens (including phenoxy) is 1. The van der Waals surface area contributed by atoms with Crippen LogP contribution in [0.1, 0.15) is 33.3 Å². The summed E-state index contributed by atoms with van der Waals surface area (Å²) in [6, 6.07) is 19.8. The molecule has 2 aromatic heterocycles. The molecule has 4 aromatic rings. The van der Waals surface area contributed by atoms with E-state index in [1.807, 2.05) is 60.7 Å². The highest BCUT2D eigenvalue weighted by Gasteiger charge is 2.22. The monoisotopic (exact) mass is 489 g/mol. The number of esters is 1. The van der Waals surface area contributed by atoms with Gasteiger partial charge < -0.3 is 9.64 Å². The number of carbonyl (C=O) groups excluding carboxylic acids is 2. The Morgan fingerprint density at radius 1 is 1.03 bits per heavy atom. The van der Waals surface area contributed by atoms with E-state index in [1.165, 1.54) is 10.9 Å². The molecule has 8 heteroatoms. The second kappa shape index (κ2) is 11.1. The summed E-state index contributed by atoms with van der Waals surface area (Å²) in [7, 11) is 0. The molecular weight excluding hydrogens is 462 g/mol.